The van der Waals surface area contributed by atoms with E-state index in [-0.39, 0.29) is 40.7 Å². The quantitative estimate of drug-likeness (QED) is 0.308. The molecule has 32 heavy (non-hydrogen) atoms. The van der Waals surface area contributed by atoms with Gasteiger partial charge in [0, 0.05) is 11.6 Å². The summed E-state index contributed by atoms with van der Waals surface area (Å²) < 4.78 is 21.3. The number of rotatable bonds is 5. The van der Waals surface area contributed by atoms with Crippen molar-refractivity contribution in [2.24, 2.45) is 0 Å². The molecule has 5 aromatic rings. The number of nitro benzene ring substituents is 1. The van der Waals surface area contributed by atoms with Crippen molar-refractivity contribution in [2.45, 2.75) is 6.54 Å². The van der Waals surface area contributed by atoms with E-state index in [9.17, 15) is 19.3 Å². The van der Waals surface area contributed by atoms with Crippen LogP contribution in [0.5, 0.6) is 0 Å². The van der Waals surface area contributed by atoms with Crippen molar-refractivity contribution in [1.29, 1.82) is 0 Å². The average Bonchev–Trinajstić information content (AvgIpc) is 3.44. The van der Waals surface area contributed by atoms with E-state index in [1.54, 1.807) is 24.3 Å². The van der Waals surface area contributed by atoms with Crippen LogP contribution in [0.25, 0.3) is 28.0 Å². The van der Waals surface area contributed by atoms with Crippen LogP contribution in [-0.2, 0) is 6.54 Å². The van der Waals surface area contributed by atoms with Crippen molar-refractivity contribution in [3.05, 3.63) is 99.4 Å². The number of halogens is 1. The van der Waals surface area contributed by atoms with Crippen LogP contribution in [0.15, 0.2) is 76.5 Å². The zero-order chi connectivity index (χ0) is 22.2. The van der Waals surface area contributed by atoms with Crippen LogP contribution in [-0.4, -0.2) is 29.2 Å². The Morgan fingerprint density at radius 3 is 2.62 bits per heavy atom. The Morgan fingerprint density at radius 2 is 1.84 bits per heavy atom. The lowest BCUT2D eigenvalue weighted by atomic mass is 10.2. The molecule has 0 aliphatic carbocycles. The van der Waals surface area contributed by atoms with Crippen LogP contribution in [0, 0.1) is 15.9 Å². The molecule has 3 aromatic heterocycles. The Morgan fingerprint density at radius 1 is 1.06 bits per heavy atom. The molecule has 0 aliphatic heterocycles. The van der Waals surface area contributed by atoms with Gasteiger partial charge in [-0.25, -0.2) is 19.0 Å². The van der Waals surface area contributed by atoms with E-state index in [4.69, 9.17) is 4.42 Å². The number of hydrogen-bond donors (Lipinski definition) is 0. The minimum absolute atomic E-state index is 0.0135. The van der Waals surface area contributed by atoms with Crippen LogP contribution in [0.4, 0.5) is 10.1 Å². The summed E-state index contributed by atoms with van der Waals surface area (Å²) in [6.45, 7) is 0.0135. The van der Waals surface area contributed by atoms with E-state index >= 15 is 0 Å². The highest BCUT2D eigenvalue weighted by Gasteiger charge is 2.19. The summed E-state index contributed by atoms with van der Waals surface area (Å²) in [5.74, 6) is 0.339. The van der Waals surface area contributed by atoms with E-state index in [0.29, 0.717) is 11.3 Å². The SMILES string of the molecule is O=c1c2cnn(-c3ccccc3[N+](=O)[O-])c2ncn1Cc1ncc(-c2ccc(F)cc2)o1. The molecule has 0 N–H and O–H groups in total. The van der Waals surface area contributed by atoms with E-state index < -0.39 is 10.5 Å². The van der Waals surface area contributed by atoms with Crippen LogP contribution < -0.4 is 5.56 Å². The lowest BCUT2D eigenvalue weighted by Crippen LogP contribution is -2.21. The number of oxazole rings is 1. The molecule has 0 unspecified atom stereocenters. The van der Waals surface area contributed by atoms with Gasteiger partial charge in [-0.2, -0.15) is 5.10 Å². The second kappa shape index (κ2) is 7.54. The first-order valence-electron chi connectivity index (χ1n) is 9.39. The lowest BCUT2D eigenvalue weighted by Gasteiger charge is -2.05. The molecule has 3 heterocycles. The van der Waals surface area contributed by atoms with E-state index in [1.807, 2.05) is 0 Å². The van der Waals surface area contributed by atoms with Gasteiger partial charge in [0.05, 0.1) is 17.3 Å². The summed E-state index contributed by atoms with van der Waals surface area (Å²) in [6, 6.07) is 11.8. The number of aromatic nitrogens is 5. The van der Waals surface area contributed by atoms with Crippen molar-refractivity contribution >= 4 is 16.7 Å². The first-order valence-corrected chi connectivity index (χ1v) is 9.39. The molecule has 11 heteroatoms. The van der Waals surface area contributed by atoms with Gasteiger partial charge in [0.2, 0.25) is 5.89 Å². The summed E-state index contributed by atoms with van der Waals surface area (Å²) in [6.07, 6.45) is 4.11. The fraction of sp³-hybridized carbons (Fsp3) is 0.0476. The molecule has 10 nitrogen and oxygen atoms in total. The van der Waals surface area contributed by atoms with Crippen LogP contribution >= 0.6 is 0 Å². The molecule has 0 amide bonds. The molecule has 0 spiro atoms. The van der Waals surface area contributed by atoms with Gasteiger partial charge in [0.25, 0.3) is 11.2 Å². The predicted molar refractivity (Wildman–Crippen MR) is 111 cm³/mol. The molecule has 5 rings (SSSR count). The van der Waals surface area contributed by atoms with Gasteiger partial charge in [-0.15, -0.1) is 0 Å². The maximum atomic E-state index is 13.1. The predicted octanol–water partition coefficient (Wildman–Crippen LogP) is 3.33. The second-order valence-corrected chi connectivity index (χ2v) is 6.84. The Kier molecular flexibility index (Phi) is 4.55. The van der Waals surface area contributed by atoms with Crippen molar-refractivity contribution < 1.29 is 13.7 Å². The summed E-state index contributed by atoms with van der Waals surface area (Å²) in [5.41, 5.74) is 0.489. The van der Waals surface area contributed by atoms with Gasteiger partial charge in [-0.1, -0.05) is 12.1 Å². The molecular weight excluding hydrogens is 419 g/mol. The minimum atomic E-state index is -0.522. The Balaban J connectivity index is 1.49. The van der Waals surface area contributed by atoms with E-state index in [1.165, 1.54) is 52.2 Å². The maximum Gasteiger partial charge on any atom is 0.294 e. The highest BCUT2D eigenvalue weighted by Crippen LogP contribution is 2.24. The molecular formula is C21H13FN6O4. The smallest absolute Gasteiger partial charge is 0.294 e. The molecule has 0 aliphatic rings. The average molecular weight is 432 g/mol. The monoisotopic (exact) mass is 432 g/mol. The van der Waals surface area contributed by atoms with Crippen molar-refractivity contribution in [2.75, 3.05) is 0 Å². The first-order chi connectivity index (χ1) is 15.5. The molecule has 0 saturated heterocycles. The Hall–Kier alpha value is -4.67. The van der Waals surface area contributed by atoms with Crippen LogP contribution in [0.2, 0.25) is 0 Å². The molecule has 0 radical (unpaired) electrons. The number of nitrogens with zero attached hydrogens (tertiary/aromatic N) is 6. The largest absolute Gasteiger partial charge is 0.439 e. The molecule has 0 fully saturated rings. The third-order valence-electron chi connectivity index (χ3n) is 4.85. The molecule has 0 atom stereocenters. The third-order valence-corrected chi connectivity index (χ3v) is 4.85. The van der Waals surface area contributed by atoms with Crippen molar-refractivity contribution in [3.8, 4) is 17.0 Å². The van der Waals surface area contributed by atoms with E-state index in [0.717, 1.165) is 0 Å². The van der Waals surface area contributed by atoms with Crippen LogP contribution in [0.1, 0.15) is 5.89 Å². The molecule has 0 saturated carbocycles. The first kappa shape index (κ1) is 19.3. The number of hydrogen-bond acceptors (Lipinski definition) is 7. The maximum absolute atomic E-state index is 13.1. The van der Waals surface area contributed by atoms with Gasteiger partial charge in [-0.05, 0) is 30.3 Å². The lowest BCUT2D eigenvalue weighted by molar-refractivity contribution is -0.384. The zero-order valence-corrected chi connectivity index (χ0v) is 16.3. The summed E-state index contributed by atoms with van der Waals surface area (Å²) >= 11 is 0. The van der Waals surface area contributed by atoms with Crippen molar-refractivity contribution in [3.63, 3.8) is 0 Å². The number of benzene rings is 2. The summed E-state index contributed by atoms with van der Waals surface area (Å²) in [4.78, 5) is 32.2. The number of para-hydroxylation sites is 2. The standard InChI is InChI=1S/C21H13FN6O4/c22-14-7-5-13(6-8-14)18-10-23-19(32-18)11-26-12-24-20-15(21(26)29)9-25-27(20)16-3-1-2-4-17(16)28(30)31/h1-10,12H,11H2. The van der Waals surface area contributed by atoms with Gasteiger partial charge in [-0.3, -0.25) is 19.5 Å². The fourth-order valence-corrected chi connectivity index (χ4v) is 3.31. The summed E-state index contributed by atoms with van der Waals surface area (Å²) in [7, 11) is 0. The van der Waals surface area contributed by atoms with Gasteiger partial charge < -0.3 is 4.42 Å². The highest BCUT2D eigenvalue weighted by atomic mass is 19.1. The second-order valence-electron chi connectivity index (χ2n) is 6.84. The van der Waals surface area contributed by atoms with Gasteiger partial charge >= 0.3 is 0 Å². The minimum Gasteiger partial charge on any atom is -0.439 e. The Bertz CT molecular complexity index is 1520. The fourth-order valence-electron chi connectivity index (χ4n) is 3.31. The van der Waals surface area contributed by atoms with Gasteiger partial charge in [0.1, 0.15) is 29.8 Å². The molecule has 158 valence electrons. The normalized spacial score (nSPS) is 11.2. The summed E-state index contributed by atoms with van der Waals surface area (Å²) in [5, 5.41) is 15.7. The van der Waals surface area contributed by atoms with Gasteiger partial charge in [0.15, 0.2) is 11.4 Å². The Labute approximate surface area is 178 Å². The third kappa shape index (κ3) is 3.31. The molecule has 2 aromatic carbocycles. The van der Waals surface area contributed by atoms with E-state index in [2.05, 4.69) is 15.1 Å². The molecule has 0 bridgehead atoms. The van der Waals surface area contributed by atoms with Crippen molar-refractivity contribution in [1.82, 2.24) is 24.3 Å². The number of nitro groups is 1. The number of fused-ring (bicyclic) bond motifs is 1. The highest BCUT2D eigenvalue weighted by molar-refractivity contribution is 5.76. The topological polar surface area (TPSA) is 122 Å². The van der Waals surface area contributed by atoms with Crippen LogP contribution in [0.3, 0.4) is 0 Å². The zero-order valence-electron chi connectivity index (χ0n) is 16.3.